The lowest BCUT2D eigenvalue weighted by molar-refractivity contribution is -0.366. The van der Waals surface area contributed by atoms with Gasteiger partial charge in [0.05, 0.1) is 23.7 Å². The number of aromatic carboxylic acids is 1. The first-order valence-electron chi connectivity index (χ1n) is 6.19. The predicted octanol–water partition coefficient (Wildman–Crippen LogP) is 0.686. The van der Waals surface area contributed by atoms with E-state index in [0.29, 0.717) is 5.16 Å². The number of hydrogen-bond donors (Lipinski definition) is 1. The van der Waals surface area contributed by atoms with Gasteiger partial charge >= 0.3 is 0 Å². The van der Waals surface area contributed by atoms with Crippen LogP contribution in [-0.4, -0.2) is 28.7 Å². The van der Waals surface area contributed by atoms with Crippen molar-refractivity contribution in [2.24, 2.45) is 0 Å². The molecule has 1 aromatic carbocycles. The zero-order valence-corrected chi connectivity index (χ0v) is 13.2. The zero-order valence-electron chi connectivity index (χ0n) is 11.6. The third-order valence-corrected chi connectivity index (χ3v) is 3.24. The number of carbonyl (C=O) groups is 1. The van der Waals surface area contributed by atoms with Crippen LogP contribution in [0.15, 0.2) is 41.7 Å². The second-order valence-electron chi connectivity index (χ2n) is 3.93. The van der Waals surface area contributed by atoms with Gasteiger partial charge in [-0.3, -0.25) is 0 Å². The molecule has 21 heavy (non-hydrogen) atoms. The highest BCUT2D eigenvalue weighted by atomic mass is 35.5. The Balaban J connectivity index is 0.000000219. The van der Waals surface area contributed by atoms with Gasteiger partial charge in [-0.05, 0) is 11.8 Å². The topological polar surface area (TPSA) is 93.5 Å². The van der Waals surface area contributed by atoms with Crippen LogP contribution in [0.25, 0.3) is 0 Å². The molecule has 0 amide bonds. The van der Waals surface area contributed by atoms with E-state index in [9.17, 15) is 9.90 Å². The first-order chi connectivity index (χ1) is 10.1. The second kappa shape index (κ2) is 9.33. The molecule has 5 nitrogen and oxygen atoms in total. The van der Waals surface area contributed by atoms with Crippen molar-refractivity contribution in [1.29, 1.82) is 0 Å². The summed E-state index contributed by atoms with van der Waals surface area (Å²) in [6.07, 6.45) is 4.08. The van der Waals surface area contributed by atoms with Crippen molar-refractivity contribution in [3.8, 4) is 0 Å². The molecule has 0 radical (unpaired) electrons. The van der Waals surface area contributed by atoms with Crippen LogP contribution in [0.1, 0.15) is 16.1 Å². The molecule has 0 unspecified atom stereocenters. The van der Waals surface area contributed by atoms with E-state index in [0.717, 1.165) is 13.0 Å². The molecular weight excluding hydrogens is 310 g/mol. The first-order valence-corrected chi connectivity index (χ1v) is 7.79. The van der Waals surface area contributed by atoms with Gasteiger partial charge in [0.25, 0.3) is 0 Å². The summed E-state index contributed by atoms with van der Waals surface area (Å²) in [5.41, 5.74) is 4.90. The molecule has 7 heteroatoms. The highest BCUT2D eigenvalue weighted by molar-refractivity contribution is 7.98. The van der Waals surface area contributed by atoms with Crippen molar-refractivity contribution in [3.05, 3.63) is 52.8 Å². The van der Waals surface area contributed by atoms with Gasteiger partial charge in [-0.15, -0.1) is 0 Å². The van der Waals surface area contributed by atoms with Crippen LogP contribution >= 0.6 is 23.4 Å². The number of thioether (sulfide) groups is 1. The third-order valence-electron chi connectivity index (χ3n) is 2.41. The summed E-state index contributed by atoms with van der Waals surface area (Å²) in [5, 5.41) is 10.7. The monoisotopic (exact) mass is 325 g/mol. The molecule has 0 spiro atoms. The van der Waals surface area contributed by atoms with Gasteiger partial charge in [0.1, 0.15) is 5.69 Å². The Bertz CT molecular complexity index is 582. The Morgan fingerprint density at radius 1 is 1.38 bits per heavy atom. The number of carboxylic acids is 1. The third kappa shape index (κ3) is 6.12. The van der Waals surface area contributed by atoms with E-state index in [1.807, 2.05) is 6.07 Å². The second-order valence-corrected chi connectivity index (χ2v) is 5.11. The fourth-order valence-corrected chi connectivity index (χ4v) is 1.95. The number of rotatable bonds is 4. The number of carbonyl (C=O) groups excluding carboxylic acids is 1. The molecule has 0 aliphatic heterocycles. The molecule has 0 aliphatic rings. The van der Waals surface area contributed by atoms with Gasteiger partial charge in [0.2, 0.25) is 0 Å². The van der Waals surface area contributed by atoms with Gasteiger partial charge < -0.3 is 15.6 Å². The number of hydrogen-bond acceptors (Lipinski definition) is 5. The van der Waals surface area contributed by atoms with Crippen LogP contribution in [-0.2, 0) is 6.42 Å². The molecule has 0 fully saturated rings. The minimum atomic E-state index is -1.39. The molecular formula is C14H16ClN3O2S. The molecule has 0 bridgehead atoms. The predicted molar refractivity (Wildman–Crippen MR) is 81.1 cm³/mol. The molecule has 1 heterocycles. The van der Waals surface area contributed by atoms with Crippen molar-refractivity contribution >= 4 is 29.3 Å². The fraction of sp³-hybridized carbons (Fsp3) is 0.214. The molecule has 1 aromatic heterocycles. The maximum absolute atomic E-state index is 10.4. The van der Waals surface area contributed by atoms with E-state index < -0.39 is 5.97 Å². The number of nitrogens with zero attached hydrogens (tertiary/aromatic N) is 2. The van der Waals surface area contributed by atoms with Crippen LogP contribution in [0.3, 0.4) is 0 Å². The smallest absolute Gasteiger partial charge is 0.187 e. The summed E-state index contributed by atoms with van der Waals surface area (Å²) in [5.74, 6) is -1.39. The van der Waals surface area contributed by atoms with Gasteiger partial charge in [-0.1, -0.05) is 53.7 Å². The van der Waals surface area contributed by atoms with Gasteiger partial charge in [0.15, 0.2) is 5.16 Å². The molecule has 0 saturated heterocycles. The van der Waals surface area contributed by atoms with Gasteiger partial charge in [-0.2, -0.15) is 0 Å². The van der Waals surface area contributed by atoms with Crippen LogP contribution in [0, 0.1) is 0 Å². The molecule has 112 valence electrons. The van der Waals surface area contributed by atoms with Crippen LogP contribution in [0.2, 0.25) is 5.02 Å². The average molecular weight is 326 g/mol. The minimum absolute atomic E-state index is 0.00667. The lowest BCUT2D eigenvalue weighted by Gasteiger charge is -2.03. The molecule has 3 N–H and O–H groups in total. The summed E-state index contributed by atoms with van der Waals surface area (Å²) in [7, 11) is 0. The summed E-state index contributed by atoms with van der Waals surface area (Å²) < 4.78 is 0. The Morgan fingerprint density at radius 2 is 2.05 bits per heavy atom. The summed E-state index contributed by atoms with van der Waals surface area (Å²) >= 11 is 6.73. The quantitative estimate of drug-likeness (QED) is 0.659. The van der Waals surface area contributed by atoms with Crippen molar-refractivity contribution in [3.63, 3.8) is 0 Å². The number of carboxylic acid groups (broad SMARTS) is 1. The Kier molecular flexibility index (Phi) is 7.74. The minimum Gasteiger partial charge on any atom is -0.543 e. The Morgan fingerprint density at radius 3 is 2.57 bits per heavy atom. The normalized spacial score (nSPS) is 9.67. The number of benzene rings is 1. The summed E-state index contributed by atoms with van der Waals surface area (Å²) in [6, 6.07) is 10.4. The largest absolute Gasteiger partial charge is 0.543 e. The molecule has 0 saturated carbocycles. The van der Waals surface area contributed by atoms with Crippen molar-refractivity contribution in [2.45, 2.75) is 11.6 Å². The average Bonchev–Trinajstić information content (AvgIpc) is 2.49. The first kappa shape index (κ1) is 17.4. The van der Waals surface area contributed by atoms with Crippen molar-refractivity contribution < 1.29 is 15.6 Å². The Hall–Kier alpha value is -1.63. The van der Waals surface area contributed by atoms with Crippen LogP contribution < -0.4 is 10.8 Å². The maximum atomic E-state index is 10.4. The van der Waals surface area contributed by atoms with E-state index in [1.54, 1.807) is 6.26 Å². The number of halogens is 1. The lowest BCUT2D eigenvalue weighted by atomic mass is 10.2. The molecule has 2 aromatic rings. The molecule has 2 rings (SSSR count). The van der Waals surface area contributed by atoms with E-state index >= 15 is 0 Å². The zero-order chi connectivity index (χ0) is 15.7. The van der Waals surface area contributed by atoms with Crippen molar-refractivity contribution in [2.75, 3.05) is 12.8 Å². The summed E-state index contributed by atoms with van der Waals surface area (Å²) in [4.78, 5) is 17.8. The molecule has 0 aliphatic carbocycles. The van der Waals surface area contributed by atoms with Gasteiger partial charge in [-0.25, -0.2) is 9.97 Å². The highest BCUT2D eigenvalue weighted by Crippen LogP contribution is 2.15. The fourth-order valence-electron chi connectivity index (χ4n) is 1.44. The maximum Gasteiger partial charge on any atom is 0.187 e. The summed E-state index contributed by atoms with van der Waals surface area (Å²) in [6.45, 7) is 0.990. The van der Waals surface area contributed by atoms with E-state index in [-0.39, 0.29) is 10.7 Å². The Labute approximate surface area is 132 Å². The van der Waals surface area contributed by atoms with Crippen LogP contribution in [0.4, 0.5) is 0 Å². The highest BCUT2D eigenvalue weighted by Gasteiger charge is 2.04. The molecule has 0 atom stereocenters. The van der Waals surface area contributed by atoms with E-state index in [2.05, 4.69) is 40.0 Å². The van der Waals surface area contributed by atoms with E-state index in [1.165, 1.54) is 23.5 Å². The van der Waals surface area contributed by atoms with E-state index in [4.69, 9.17) is 11.6 Å². The lowest BCUT2D eigenvalue weighted by Crippen LogP contribution is -2.51. The number of quaternary nitrogens is 1. The van der Waals surface area contributed by atoms with Crippen molar-refractivity contribution in [1.82, 2.24) is 9.97 Å². The standard InChI is InChI=1S/C8H11N.C6H5ClN2O2S/c9-7-6-8-4-2-1-3-5-8;1-12-6-8-2-3(7)4(9-6)5(10)11/h1-5H,6-7,9H2;2H,1H3,(H,10,11). The van der Waals surface area contributed by atoms with Gasteiger partial charge in [0, 0.05) is 6.42 Å². The van der Waals surface area contributed by atoms with Crippen LogP contribution in [0.5, 0.6) is 0 Å². The number of aromatic nitrogens is 2. The SMILES string of the molecule is CSc1ncc(Cl)c(C(=O)[O-])n1.[NH3+]CCc1ccccc1.